The van der Waals surface area contributed by atoms with Gasteiger partial charge in [0.2, 0.25) is 5.88 Å². The van der Waals surface area contributed by atoms with Crippen LogP contribution >= 0.6 is 0 Å². The number of hydrogen-bond donors (Lipinski definition) is 1. The Hall–Kier alpha value is -4.12. The highest BCUT2D eigenvalue weighted by molar-refractivity contribution is 5.90. The van der Waals surface area contributed by atoms with Crippen LogP contribution in [0.5, 0.6) is 11.6 Å². The molecule has 0 fully saturated rings. The molecule has 8 nitrogen and oxygen atoms in total. The Bertz CT molecular complexity index is 1590. The van der Waals surface area contributed by atoms with E-state index in [0.29, 0.717) is 22.2 Å². The molecule has 0 saturated carbocycles. The van der Waals surface area contributed by atoms with E-state index in [1.165, 1.54) is 77.8 Å². The smallest absolute Gasteiger partial charge is 0.422 e. The first-order valence-corrected chi connectivity index (χ1v) is 11.6. The summed E-state index contributed by atoms with van der Waals surface area (Å²) in [5, 5.41) is 9.36. The predicted octanol–water partition coefficient (Wildman–Crippen LogP) is 5.28. The number of alkyl halides is 3. The third-order valence-corrected chi connectivity index (χ3v) is 6.98. The van der Waals surface area contributed by atoms with Crippen LogP contribution in [0, 0.1) is 6.92 Å². The van der Waals surface area contributed by atoms with Gasteiger partial charge in [0.1, 0.15) is 11.3 Å². The summed E-state index contributed by atoms with van der Waals surface area (Å²) in [4.78, 5) is 27.8. The number of carboxylic acids is 1. The Morgan fingerprint density at radius 2 is 1.74 bits per heavy atom. The SMILES string of the molecule is CO[C@@](c1ccc2c(c1)n(C)c(=O)n2C)([C@H](C)c1ccc(Oc2ncccc2C(=O)O)cc1C)C(F)(F)F. The van der Waals surface area contributed by atoms with E-state index in [0.717, 1.165) is 7.11 Å². The van der Waals surface area contributed by atoms with Crippen molar-refractivity contribution in [3.05, 3.63) is 87.5 Å². The van der Waals surface area contributed by atoms with Crippen molar-refractivity contribution in [3.63, 3.8) is 0 Å². The molecule has 0 bridgehead atoms. The Labute approximate surface area is 215 Å². The number of fused-ring (bicyclic) bond motifs is 1. The van der Waals surface area contributed by atoms with Gasteiger partial charge in [-0.05, 0) is 60.0 Å². The lowest BCUT2D eigenvalue weighted by Gasteiger charge is -2.40. The standard InChI is InChI=1S/C27H26F3N3O5/c1-15-13-18(38-23-20(24(34)35)7-6-12-31-23)9-10-19(15)16(2)26(37-5,27(28,29)30)17-8-11-21-22(14-17)33(4)25(36)32(21)3/h6-14,16H,1-5H3,(H,34,35)/t16-,26-/m1/s1. The molecule has 4 rings (SSSR count). The molecular formula is C27H26F3N3O5. The van der Waals surface area contributed by atoms with E-state index in [4.69, 9.17) is 9.47 Å². The molecule has 38 heavy (non-hydrogen) atoms. The van der Waals surface area contributed by atoms with Crippen LogP contribution in [0.2, 0.25) is 0 Å². The zero-order valence-electron chi connectivity index (χ0n) is 21.3. The van der Waals surface area contributed by atoms with Crippen LogP contribution in [0.15, 0.2) is 59.5 Å². The third-order valence-electron chi connectivity index (χ3n) is 6.98. The van der Waals surface area contributed by atoms with Gasteiger partial charge in [0.05, 0.1) is 11.0 Å². The molecule has 2 atom stereocenters. The van der Waals surface area contributed by atoms with E-state index in [-0.39, 0.29) is 28.4 Å². The van der Waals surface area contributed by atoms with Crippen molar-refractivity contribution in [1.82, 2.24) is 14.1 Å². The van der Waals surface area contributed by atoms with Gasteiger partial charge in [-0.1, -0.05) is 19.1 Å². The average molecular weight is 530 g/mol. The second-order valence-electron chi connectivity index (χ2n) is 9.05. The van der Waals surface area contributed by atoms with Crippen molar-refractivity contribution in [2.24, 2.45) is 14.1 Å². The van der Waals surface area contributed by atoms with E-state index in [1.54, 1.807) is 14.0 Å². The molecule has 0 aliphatic rings. The number of halogens is 3. The molecule has 0 radical (unpaired) electrons. The Kier molecular flexibility index (Phi) is 6.83. The summed E-state index contributed by atoms with van der Waals surface area (Å²) in [6.07, 6.45) is -3.45. The molecule has 0 unspecified atom stereocenters. The topological polar surface area (TPSA) is 95.6 Å². The van der Waals surface area contributed by atoms with Crippen LogP contribution in [-0.2, 0) is 24.4 Å². The average Bonchev–Trinajstić information content (AvgIpc) is 3.07. The maximum absolute atomic E-state index is 14.9. The molecule has 0 spiro atoms. The minimum atomic E-state index is -4.82. The molecule has 0 saturated heterocycles. The number of nitrogens with zero attached hydrogens (tertiary/aromatic N) is 3. The minimum absolute atomic E-state index is 0.136. The number of aromatic nitrogens is 3. The number of hydrogen-bond acceptors (Lipinski definition) is 5. The molecule has 200 valence electrons. The number of pyridine rings is 1. The maximum Gasteiger partial charge on any atom is 0.422 e. The Morgan fingerprint density at radius 1 is 1.05 bits per heavy atom. The highest BCUT2D eigenvalue weighted by atomic mass is 19.4. The van der Waals surface area contributed by atoms with Crippen LogP contribution < -0.4 is 10.4 Å². The van der Waals surface area contributed by atoms with Gasteiger partial charge in [0, 0.05) is 33.3 Å². The Morgan fingerprint density at radius 3 is 2.34 bits per heavy atom. The van der Waals surface area contributed by atoms with E-state index >= 15 is 0 Å². The first kappa shape index (κ1) is 26.9. The highest BCUT2D eigenvalue weighted by Crippen LogP contribution is 2.52. The third kappa shape index (κ3) is 4.22. The summed E-state index contributed by atoms with van der Waals surface area (Å²) >= 11 is 0. The van der Waals surface area contributed by atoms with Crippen LogP contribution in [-0.4, -0.2) is 38.5 Å². The number of methoxy groups -OCH3 is 1. The van der Waals surface area contributed by atoms with Crippen molar-refractivity contribution < 1.29 is 32.5 Å². The van der Waals surface area contributed by atoms with Crippen molar-refractivity contribution >= 4 is 17.0 Å². The molecule has 0 aliphatic carbocycles. The van der Waals surface area contributed by atoms with Crippen molar-refractivity contribution in [1.29, 1.82) is 0 Å². The van der Waals surface area contributed by atoms with Crippen LogP contribution in [0.25, 0.3) is 11.0 Å². The molecule has 11 heteroatoms. The maximum atomic E-state index is 14.9. The summed E-state index contributed by atoms with van der Waals surface area (Å²) in [5.74, 6) is -2.36. The molecule has 1 N–H and O–H groups in total. The second kappa shape index (κ2) is 9.64. The number of carbonyl (C=O) groups is 1. The second-order valence-corrected chi connectivity index (χ2v) is 9.05. The summed E-state index contributed by atoms with van der Waals surface area (Å²) < 4.78 is 58.4. The zero-order chi connectivity index (χ0) is 28.0. The van der Waals surface area contributed by atoms with Crippen molar-refractivity contribution in [2.75, 3.05) is 7.11 Å². The van der Waals surface area contributed by atoms with Crippen LogP contribution in [0.4, 0.5) is 13.2 Å². The first-order valence-electron chi connectivity index (χ1n) is 11.6. The van der Waals surface area contributed by atoms with Gasteiger partial charge < -0.3 is 14.6 Å². The van der Waals surface area contributed by atoms with E-state index in [1.807, 2.05) is 0 Å². The molecule has 2 heterocycles. The van der Waals surface area contributed by atoms with Gasteiger partial charge in [-0.25, -0.2) is 14.6 Å². The molecule has 2 aromatic carbocycles. The fraction of sp³-hybridized carbons (Fsp3) is 0.296. The molecular weight excluding hydrogens is 503 g/mol. The van der Waals surface area contributed by atoms with Crippen LogP contribution in [0.3, 0.4) is 0 Å². The number of ether oxygens (including phenoxy) is 2. The number of imidazole rings is 1. The largest absolute Gasteiger partial charge is 0.477 e. The van der Waals surface area contributed by atoms with Crippen molar-refractivity contribution in [3.8, 4) is 11.6 Å². The number of aryl methyl sites for hydroxylation is 3. The van der Waals surface area contributed by atoms with Gasteiger partial charge in [-0.15, -0.1) is 0 Å². The summed E-state index contributed by atoms with van der Waals surface area (Å²) in [7, 11) is 4.07. The molecule has 0 amide bonds. The normalized spacial score (nSPS) is 14.3. The lowest BCUT2D eigenvalue weighted by molar-refractivity contribution is -0.284. The molecule has 4 aromatic rings. The number of aromatic carboxylic acids is 1. The number of carboxylic acid groups (broad SMARTS) is 1. The minimum Gasteiger partial charge on any atom is -0.477 e. The van der Waals surface area contributed by atoms with Gasteiger partial charge in [0.25, 0.3) is 0 Å². The number of benzene rings is 2. The van der Waals surface area contributed by atoms with E-state index in [2.05, 4.69) is 4.98 Å². The molecule has 2 aromatic heterocycles. The molecule has 0 aliphatic heterocycles. The lowest BCUT2D eigenvalue weighted by atomic mass is 9.76. The summed E-state index contributed by atoms with van der Waals surface area (Å²) in [6.45, 7) is 3.06. The van der Waals surface area contributed by atoms with E-state index < -0.39 is 23.7 Å². The summed E-state index contributed by atoms with van der Waals surface area (Å²) in [6, 6.07) is 11.4. The lowest BCUT2D eigenvalue weighted by Crippen LogP contribution is -2.48. The fourth-order valence-corrected chi connectivity index (χ4v) is 4.97. The Balaban J connectivity index is 1.80. The van der Waals surface area contributed by atoms with Crippen molar-refractivity contribution in [2.45, 2.75) is 31.5 Å². The summed E-state index contributed by atoms with van der Waals surface area (Å²) in [5.41, 5.74) is -1.73. The number of rotatable bonds is 7. The monoisotopic (exact) mass is 529 g/mol. The highest BCUT2D eigenvalue weighted by Gasteiger charge is 2.60. The quantitative estimate of drug-likeness (QED) is 0.350. The first-order chi connectivity index (χ1) is 17.8. The van der Waals surface area contributed by atoms with Gasteiger partial charge in [-0.2, -0.15) is 13.2 Å². The zero-order valence-corrected chi connectivity index (χ0v) is 21.3. The van der Waals surface area contributed by atoms with Crippen LogP contribution in [0.1, 0.15) is 39.9 Å². The van der Waals surface area contributed by atoms with E-state index in [9.17, 15) is 27.9 Å². The van der Waals surface area contributed by atoms with Gasteiger partial charge >= 0.3 is 17.8 Å². The fourth-order valence-electron chi connectivity index (χ4n) is 4.97. The van der Waals surface area contributed by atoms with Gasteiger partial charge in [0.15, 0.2) is 5.60 Å². The predicted molar refractivity (Wildman–Crippen MR) is 134 cm³/mol. The van der Waals surface area contributed by atoms with Gasteiger partial charge in [-0.3, -0.25) is 9.13 Å².